The van der Waals surface area contributed by atoms with E-state index in [-0.39, 0.29) is 18.7 Å². The number of nitrogens with zero attached hydrogens (tertiary/aromatic N) is 2. The lowest BCUT2D eigenvalue weighted by molar-refractivity contribution is -0.136. The van der Waals surface area contributed by atoms with Crippen molar-refractivity contribution in [2.75, 3.05) is 0 Å². The van der Waals surface area contributed by atoms with E-state index in [4.69, 9.17) is 5.11 Å². The van der Waals surface area contributed by atoms with Crippen LogP contribution in [0, 0.1) is 0 Å². The summed E-state index contributed by atoms with van der Waals surface area (Å²) < 4.78 is 1.42. The van der Waals surface area contributed by atoms with Crippen molar-refractivity contribution in [2.45, 2.75) is 12.8 Å². The molecule has 5 heteroatoms. The van der Waals surface area contributed by atoms with E-state index in [1.807, 2.05) is 0 Å². The summed E-state index contributed by atoms with van der Waals surface area (Å²) in [6.45, 7) is 0. The van der Waals surface area contributed by atoms with Crippen molar-refractivity contribution in [1.82, 2.24) is 9.55 Å². The summed E-state index contributed by atoms with van der Waals surface area (Å²) in [5.41, 5.74) is 1.57. The summed E-state index contributed by atoms with van der Waals surface area (Å²) in [6.07, 6.45) is 4.87. The minimum Gasteiger partial charge on any atom is -0.481 e. The molecule has 5 nitrogen and oxygen atoms in total. The van der Waals surface area contributed by atoms with E-state index < -0.39 is 5.97 Å². The van der Waals surface area contributed by atoms with Gasteiger partial charge in [0.25, 0.3) is 0 Å². The number of carboxylic acid groups (broad SMARTS) is 1. The van der Waals surface area contributed by atoms with Crippen LogP contribution in [-0.2, 0) is 17.6 Å². The number of carbonyl (C=O) groups is 2. The van der Waals surface area contributed by atoms with Crippen molar-refractivity contribution in [1.29, 1.82) is 0 Å². The van der Waals surface area contributed by atoms with Gasteiger partial charge in [-0.1, -0.05) is 24.3 Å². The SMILES string of the molecule is O=C(O)Cc1ccc(CC(=O)n2ccnc2)cc1. The number of aromatic nitrogens is 2. The first-order chi connectivity index (χ1) is 8.65. The molecule has 0 aliphatic rings. The van der Waals surface area contributed by atoms with Crippen LogP contribution in [0.1, 0.15) is 15.9 Å². The normalized spacial score (nSPS) is 10.2. The summed E-state index contributed by atoms with van der Waals surface area (Å²) in [7, 11) is 0. The van der Waals surface area contributed by atoms with Crippen molar-refractivity contribution < 1.29 is 14.7 Å². The Kier molecular flexibility index (Phi) is 3.52. The van der Waals surface area contributed by atoms with Crippen LogP contribution in [0.2, 0.25) is 0 Å². The topological polar surface area (TPSA) is 72.2 Å². The Morgan fingerprint density at radius 1 is 1.11 bits per heavy atom. The molecule has 2 rings (SSSR count). The van der Waals surface area contributed by atoms with E-state index >= 15 is 0 Å². The summed E-state index contributed by atoms with van der Waals surface area (Å²) in [5.74, 6) is -0.935. The van der Waals surface area contributed by atoms with Crippen LogP contribution in [0.3, 0.4) is 0 Å². The number of rotatable bonds is 4. The third kappa shape index (κ3) is 3.04. The molecular weight excluding hydrogens is 232 g/mol. The number of aliphatic carboxylic acids is 1. The number of hydrogen-bond acceptors (Lipinski definition) is 3. The van der Waals surface area contributed by atoms with E-state index in [1.54, 1.807) is 36.7 Å². The molecule has 18 heavy (non-hydrogen) atoms. The number of carboxylic acids is 1. The molecule has 0 spiro atoms. The average molecular weight is 244 g/mol. The monoisotopic (exact) mass is 244 g/mol. The zero-order chi connectivity index (χ0) is 13.0. The van der Waals surface area contributed by atoms with Crippen LogP contribution in [0.5, 0.6) is 0 Å². The predicted octanol–water partition coefficient (Wildman–Crippen LogP) is 1.39. The first-order valence-electron chi connectivity index (χ1n) is 5.46. The lowest BCUT2D eigenvalue weighted by Crippen LogP contribution is -2.11. The molecule has 0 unspecified atom stereocenters. The Labute approximate surface area is 104 Å². The third-order valence-electron chi connectivity index (χ3n) is 2.53. The Hall–Kier alpha value is -2.43. The van der Waals surface area contributed by atoms with Crippen molar-refractivity contribution in [3.63, 3.8) is 0 Å². The standard InChI is InChI=1S/C13H12N2O3/c16-12(15-6-5-14-9-15)7-10-1-3-11(4-2-10)8-13(17)18/h1-6,9H,7-8H2,(H,17,18). The van der Waals surface area contributed by atoms with Gasteiger partial charge < -0.3 is 5.11 Å². The fourth-order valence-electron chi connectivity index (χ4n) is 1.62. The second kappa shape index (κ2) is 5.27. The van der Waals surface area contributed by atoms with Gasteiger partial charge in [0, 0.05) is 12.4 Å². The van der Waals surface area contributed by atoms with Gasteiger partial charge >= 0.3 is 5.97 Å². The molecule has 0 fully saturated rings. The molecule has 1 aromatic carbocycles. The maximum atomic E-state index is 11.8. The molecule has 1 heterocycles. The molecule has 0 saturated carbocycles. The third-order valence-corrected chi connectivity index (χ3v) is 2.53. The highest BCUT2D eigenvalue weighted by atomic mass is 16.4. The Balaban J connectivity index is 2.02. The van der Waals surface area contributed by atoms with Gasteiger partial charge in [-0.15, -0.1) is 0 Å². The molecule has 0 bridgehead atoms. The van der Waals surface area contributed by atoms with Gasteiger partial charge in [0.1, 0.15) is 6.33 Å². The first kappa shape index (κ1) is 12.0. The summed E-state index contributed by atoms with van der Waals surface area (Å²) in [6, 6.07) is 7.00. The van der Waals surface area contributed by atoms with Crippen LogP contribution in [0.4, 0.5) is 0 Å². The number of hydrogen-bond donors (Lipinski definition) is 1. The van der Waals surface area contributed by atoms with E-state index in [2.05, 4.69) is 4.98 Å². The van der Waals surface area contributed by atoms with Gasteiger partial charge in [-0.25, -0.2) is 4.98 Å². The van der Waals surface area contributed by atoms with Crippen molar-refractivity contribution in [3.8, 4) is 0 Å². The minimum atomic E-state index is -0.864. The molecule has 0 aliphatic carbocycles. The van der Waals surface area contributed by atoms with E-state index in [9.17, 15) is 9.59 Å². The largest absolute Gasteiger partial charge is 0.481 e. The molecule has 1 aromatic heterocycles. The Morgan fingerprint density at radius 2 is 1.72 bits per heavy atom. The quantitative estimate of drug-likeness (QED) is 0.882. The maximum absolute atomic E-state index is 11.8. The number of imidazole rings is 1. The molecular formula is C13H12N2O3. The van der Waals surface area contributed by atoms with Crippen LogP contribution >= 0.6 is 0 Å². The molecule has 0 saturated heterocycles. The Bertz CT molecular complexity index is 544. The van der Waals surface area contributed by atoms with Crippen LogP contribution in [0.25, 0.3) is 0 Å². The number of benzene rings is 1. The molecule has 0 amide bonds. The van der Waals surface area contributed by atoms with Crippen molar-refractivity contribution in [3.05, 3.63) is 54.1 Å². The number of carbonyl (C=O) groups excluding carboxylic acids is 1. The van der Waals surface area contributed by atoms with Gasteiger partial charge in [-0.05, 0) is 11.1 Å². The van der Waals surface area contributed by atoms with Crippen LogP contribution < -0.4 is 0 Å². The molecule has 0 atom stereocenters. The first-order valence-corrected chi connectivity index (χ1v) is 5.46. The highest BCUT2D eigenvalue weighted by molar-refractivity contribution is 5.81. The lowest BCUT2D eigenvalue weighted by Gasteiger charge is -2.03. The molecule has 0 radical (unpaired) electrons. The minimum absolute atomic E-state index is 0.00422. The van der Waals surface area contributed by atoms with Crippen molar-refractivity contribution >= 4 is 11.9 Å². The highest BCUT2D eigenvalue weighted by Crippen LogP contribution is 2.07. The highest BCUT2D eigenvalue weighted by Gasteiger charge is 2.06. The summed E-state index contributed by atoms with van der Waals surface area (Å²) in [5, 5.41) is 8.64. The second-order valence-corrected chi connectivity index (χ2v) is 3.93. The lowest BCUT2D eigenvalue weighted by atomic mass is 10.1. The zero-order valence-electron chi connectivity index (χ0n) is 9.61. The maximum Gasteiger partial charge on any atom is 0.307 e. The second-order valence-electron chi connectivity index (χ2n) is 3.93. The van der Waals surface area contributed by atoms with E-state index in [0.29, 0.717) is 0 Å². The molecule has 92 valence electrons. The van der Waals surface area contributed by atoms with Crippen molar-refractivity contribution in [2.24, 2.45) is 0 Å². The van der Waals surface area contributed by atoms with Gasteiger partial charge in [-0.2, -0.15) is 0 Å². The molecule has 1 N–H and O–H groups in total. The van der Waals surface area contributed by atoms with Gasteiger partial charge in [0.15, 0.2) is 0 Å². The predicted molar refractivity (Wildman–Crippen MR) is 64.3 cm³/mol. The fraction of sp³-hybridized carbons (Fsp3) is 0.154. The summed E-state index contributed by atoms with van der Waals surface area (Å²) in [4.78, 5) is 26.1. The van der Waals surface area contributed by atoms with Gasteiger partial charge in [-0.3, -0.25) is 14.2 Å². The van der Waals surface area contributed by atoms with Gasteiger partial charge in [0.05, 0.1) is 12.8 Å². The fourth-order valence-corrected chi connectivity index (χ4v) is 1.62. The smallest absolute Gasteiger partial charge is 0.307 e. The van der Waals surface area contributed by atoms with Crippen LogP contribution in [-0.4, -0.2) is 26.5 Å². The molecule has 2 aromatic rings. The van der Waals surface area contributed by atoms with E-state index in [0.717, 1.165) is 11.1 Å². The summed E-state index contributed by atoms with van der Waals surface area (Å²) >= 11 is 0. The van der Waals surface area contributed by atoms with Gasteiger partial charge in [0.2, 0.25) is 5.91 Å². The van der Waals surface area contributed by atoms with Crippen LogP contribution in [0.15, 0.2) is 43.0 Å². The zero-order valence-corrected chi connectivity index (χ0v) is 9.61. The van der Waals surface area contributed by atoms with E-state index in [1.165, 1.54) is 10.9 Å². The molecule has 0 aliphatic heterocycles. The Morgan fingerprint density at radius 3 is 2.22 bits per heavy atom. The average Bonchev–Trinajstić information content (AvgIpc) is 2.84.